The van der Waals surface area contributed by atoms with Crippen LogP contribution in [0.25, 0.3) is 0 Å². The number of amides is 2. The lowest BCUT2D eigenvalue weighted by Crippen LogP contribution is -2.35. The summed E-state index contributed by atoms with van der Waals surface area (Å²) in [6, 6.07) is 7.06. The smallest absolute Gasteiger partial charge is 0.251 e. The molecule has 1 atom stereocenters. The lowest BCUT2D eigenvalue weighted by atomic mass is 10.2. The summed E-state index contributed by atoms with van der Waals surface area (Å²) in [6.45, 7) is 9.76. The molecule has 1 fully saturated rings. The molecule has 140 valence electrons. The number of carbonyl (C=O) groups is 2. The van der Waals surface area contributed by atoms with Gasteiger partial charge >= 0.3 is 0 Å². The van der Waals surface area contributed by atoms with Crippen LogP contribution in [0.1, 0.15) is 23.2 Å². The zero-order valence-electron chi connectivity index (χ0n) is 15.1. The highest BCUT2D eigenvalue weighted by Crippen LogP contribution is 2.12. The SMILES string of the molecule is C=CCN(CC=C)C(=O)CNc1ccc(C(=O)NCC2CCCO2)cc1. The monoisotopic (exact) mass is 357 g/mol. The maximum Gasteiger partial charge on any atom is 0.251 e. The maximum atomic E-state index is 12.2. The fourth-order valence-electron chi connectivity index (χ4n) is 2.73. The zero-order valence-corrected chi connectivity index (χ0v) is 15.1. The maximum absolute atomic E-state index is 12.2. The molecule has 1 aromatic carbocycles. The molecule has 1 heterocycles. The Bertz CT molecular complexity index is 612. The minimum absolute atomic E-state index is 0.0387. The van der Waals surface area contributed by atoms with Crippen molar-refractivity contribution in [2.75, 3.05) is 38.1 Å². The van der Waals surface area contributed by atoms with Gasteiger partial charge in [0.2, 0.25) is 5.91 Å². The topological polar surface area (TPSA) is 70.7 Å². The van der Waals surface area contributed by atoms with Crippen LogP contribution in [0, 0.1) is 0 Å². The molecule has 1 saturated heterocycles. The van der Waals surface area contributed by atoms with Crippen molar-refractivity contribution >= 4 is 17.5 Å². The number of nitrogens with zero attached hydrogens (tertiary/aromatic N) is 1. The first-order valence-corrected chi connectivity index (χ1v) is 8.87. The van der Waals surface area contributed by atoms with Gasteiger partial charge < -0.3 is 20.3 Å². The molecule has 2 amide bonds. The summed E-state index contributed by atoms with van der Waals surface area (Å²) in [6.07, 6.45) is 5.54. The van der Waals surface area contributed by atoms with Crippen LogP contribution in [0.5, 0.6) is 0 Å². The van der Waals surface area contributed by atoms with Crippen LogP contribution in [0.15, 0.2) is 49.6 Å². The van der Waals surface area contributed by atoms with E-state index >= 15 is 0 Å². The quantitative estimate of drug-likeness (QED) is 0.630. The summed E-state index contributed by atoms with van der Waals surface area (Å²) in [5, 5.41) is 5.96. The normalized spacial score (nSPS) is 15.9. The predicted octanol–water partition coefficient (Wildman–Crippen LogP) is 2.21. The molecule has 1 unspecified atom stereocenters. The highest BCUT2D eigenvalue weighted by molar-refractivity contribution is 5.94. The Morgan fingerprint density at radius 1 is 1.19 bits per heavy atom. The predicted molar refractivity (Wildman–Crippen MR) is 103 cm³/mol. The first-order valence-electron chi connectivity index (χ1n) is 8.87. The molecule has 0 radical (unpaired) electrons. The lowest BCUT2D eigenvalue weighted by molar-refractivity contribution is -0.128. The summed E-state index contributed by atoms with van der Waals surface area (Å²) < 4.78 is 5.49. The van der Waals surface area contributed by atoms with Gasteiger partial charge in [0.05, 0.1) is 12.6 Å². The first kappa shape index (κ1) is 19.7. The van der Waals surface area contributed by atoms with E-state index < -0.39 is 0 Å². The van der Waals surface area contributed by atoms with Crippen molar-refractivity contribution in [3.8, 4) is 0 Å². The van der Waals surface area contributed by atoms with Gasteiger partial charge in [-0.3, -0.25) is 9.59 Å². The van der Waals surface area contributed by atoms with E-state index in [0.29, 0.717) is 25.2 Å². The summed E-state index contributed by atoms with van der Waals surface area (Å²) in [5.41, 5.74) is 1.37. The minimum Gasteiger partial charge on any atom is -0.376 e. The molecule has 1 aliphatic heterocycles. The van der Waals surface area contributed by atoms with Gasteiger partial charge in [0, 0.05) is 37.5 Å². The molecule has 6 nitrogen and oxygen atoms in total. The molecule has 1 aliphatic rings. The number of anilines is 1. The van der Waals surface area contributed by atoms with Gasteiger partial charge in [-0.25, -0.2) is 0 Å². The molecule has 1 aromatic rings. The molecule has 0 spiro atoms. The fourth-order valence-corrected chi connectivity index (χ4v) is 2.73. The molecule has 6 heteroatoms. The van der Waals surface area contributed by atoms with Crippen molar-refractivity contribution in [1.82, 2.24) is 10.2 Å². The van der Waals surface area contributed by atoms with Crippen LogP contribution in [-0.4, -0.2) is 55.6 Å². The third-order valence-corrected chi connectivity index (χ3v) is 4.16. The number of hydrogen-bond donors (Lipinski definition) is 2. The standard InChI is InChI=1S/C20H27N3O3/c1-3-11-23(12-4-2)19(24)15-21-17-9-7-16(8-10-17)20(25)22-14-18-6-5-13-26-18/h3-4,7-10,18,21H,1-2,5-6,11-15H2,(H,22,25). The molecule has 2 N–H and O–H groups in total. The zero-order chi connectivity index (χ0) is 18.8. The molecule has 2 rings (SSSR count). The van der Waals surface area contributed by atoms with Gasteiger partial charge in [-0.1, -0.05) is 12.2 Å². The Kier molecular flexibility index (Phi) is 7.89. The minimum atomic E-state index is -0.119. The van der Waals surface area contributed by atoms with Crippen molar-refractivity contribution in [2.24, 2.45) is 0 Å². The Morgan fingerprint density at radius 2 is 1.88 bits per heavy atom. The lowest BCUT2D eigenvalue weighted by Gasteiger charge is -2.19. The Labute approximate surface area is 154 Å². The number of hydrogen-bond acceptors (Lipinski definition) is 4. The summed E-state index contributed by atoms with van der Waals surface area (Å²) in [5.74, 6) is -0.158. The van der Waals surface area contributed by atoms with Crippen LogP contribution in [0.4, 0.5) is 5.69 Å². The summed E-state index contributed by atoms with van der Waals surface area (Å²) in [7, 11) is 0. The average molecular weight is 357 g/mol. The van der Waals surface area contributed by atoms with Gasteiger partial charge in [-0.05, 0) is 37.1 Å². The molecular formula is C20H27N3O3. The third kappa shape index (κ3) is 6.04. The van der Waals surface area contributed by atoms with E-state index in [2.05, 4.69) is 23.8 Å². The number of nitrogens with one attached hydrogen (secondary N) is 2. The van der Waals surface area contributed by atoms with Crippen LogP contribution < -0.4 is 10.6 Å². The fraction of sp³-hybridized carbons (Fsp3) is 0.400. The van der Waals surface area contributed by atoms with Gasteiger partial charge in [-0.2, -0.15) is 0 Å². The van der Waals surface area contributed by atoms with Crippen molar-refractivity contribution in [3.05, 3.63) is 55.1 Å². The average Bonchev–Trinajstić information content (AvgIpc) is 3.18. The highest BCUT2D eigenvalue weighted by Gasteiger charge is 2.16. The van der Waals surface area contributed by atoms with Crippen molar-refractivity contribution in [2.45, 2.75) is 18.9 Å². The molecule has 0 aromatic heterocycles. The molecular weight excluding hydrogens is 330 g/mol. The van der Waals surface area contributed by atoms with Gasteiger partial charge in [0.15, 0.2) is 0 Å². The van der Waals surface area contributed by atoms with Crippen LogP contribution in [0.3, 0.4) is 0 Å². The van der Waals surface area contributed by atoms with E-state index in [1.165, 1.54) is 0 Å². The number of benzene rings is 1. The van der Waals surface area contributed by atoms with Crippen LogP contribution in [-0.2, 0) is 9.53 Å². The van der Waals surface area contributed by atoms with Crippen LogP contribution >= 0.6 is 0 Å². The largest absolute Gasteiger partial charge is 0.376 e. The first-order chi connectivity index (χ1) is 12.6. The van der Waals surface area contributed by atoms with Crippen LogP contribution in [0.2, 0.25) is 0 Å². The Morgan fingerprint density at radius 3 is 2.46 bits per heavy atom. The molecule has 0 saturated carbocycles. The molecule has 0 aliphatic carbocycles. The third-order valence-electron chi connectivity index (χ3n) is 4.16. The number of ether oxygens (including phenoxy) is 1. The van der Waals surface area contributed by atoms with Crippen molar-refractivity contribution < 1.29 is 14.3 Å². The van der Waals surface area contributed by atoms with E-state index in [0.717, 1.165) is 25.1 Å². The summed E-state index contributed by atoms with van der Waals surface area (Å²) >= 11 is 0. The second kappa shape index (κ2) is 10.4. The Hall–Kier alpha value is -2.60. The summed E-state index contributed by atoms with van der Waals surface area (Å²) in [4.78, 5) is 26.0. The second-order valence-electron chi connectivity index (χ2n) is 6.15. The van der Waals surface area contributed by atoms with Gasteiger partial charge in [0.1, 0.15) is 0 Å². The van der Waals surface area contributed by atoms with E-state index in [1.807, 2.05) is 0 Å². The van der Waals surface area contributed by atoms with E-state index in [1.54, 1.807) is 41.3 Å². The number of carbonyl (C=O) groups excluding carboxylic acids is 2. The van der Waals surface area contributed by atoms with Crippen molar-refractivity contribution in [3.63, 3.8) is 0 Å². The van der Waals surface area contributed by atoms with Gasteiger partial charge in [0.25, 0.3) is 5.91 Å². The molecule has 0 bridgehead atoms. The van der Waals surface area contributed by atoms with E-state index in [9.17, 15) is 9.59 Å². The number of rotatable bonds is 10. The van der Waals surface area contributed by atoms with Gasteiger partial charge in [-0.15, -0.1) is 13.2 Å². The second-order valence-corrected chi connectivity index (χ2v) is 6.15. The highest BCUT2D eigenvalue weighted by atomic mass is 16.5. The molecule has 26 heavy (non-hydrogen) atoms. The van der Waals surface area contributed by atoms with Crippen molar-refractivity contribution in [1.29, 1.82) is 0 Å². The van der Waals surface area contributed by atoms with E-state index in [4.69, 9.17) is 4.74 Å². The van der Waals surface area contributed by atoms with E-state index in [-0.39, 0.29) is 24.5 Å². The Balaban J connectivity index is 1.80.